The SMILES string of the molecule is O=C1Nc2cc(O)ccc2C12CCNCC2. The minimum atomic E-state index is -0.367. The normalized spacial score (nSPS) is 21.9. The Morgan fingerprint density at radius 3 is 2.75 bits per heavy atom. The summed E-state index contributed by atoms with van der Waals surface area (Å²) in [6.45, 7) is 1.74. The molecule has 1 aromatic rings. The zero-order valence-corrected chi connectivity index (χ0v) is 8.92. The molecule has 0 aliphatic carbocycles. The topological polar surface area (TPSA) is 61.4 Å². The van der Waals surface area contributed by atoms with E-state index in [0.717, 1.165) is 37.2 Å². The molecule has 3 rings (SSSR count). The molecule has 0 saturated carbocycles. The third kappa shape index (κ3) is 1.16. The lowest BCUT2D eigenvalue weighted by Gasteiger charge is -2.31. The van der Waals surface area contributed by atoms with Gasteiger partial charge in [-0.3, -0.25) is 4.79 Å². The lowest BCUT2D eigenvalue weighted by Crippen LogP contribution is -2.44. The Balaban J connectivity index is 2.11. The number of anilines is 1. The first kappa shape index (κ1) is 9.66. The molecule has 1 aromatic carbocycles. The van der Waals surface area contributed by atoms with E-state index < -0.39 is 0 Å². The van der Waals surface area contributed by atoms with Crippen molar-refractivity contribution < 1.29 is 9.90 Å². The largest absolute Gasteiger partial charge is 0.508 e. The maximum Gasteiger partial charge on any atom is 0.235 e. The number of piperidine rings is 1. The van der Waals surface area contributed by atoms with Gasteiger partial charge in [0.25, 0.3) is 0 Å². The van der Waals surface area contributed by atoms with Gasteiger partial charge in [-0.1, -0.05) is 6.07 Å². The van der Waals surface area contributed by atoms with Crippen molar-refractivity contribution in [2.45, 2.75) is 18.3 Å². The summed E-state index contributed by atoms with van der Waals surface area (Å²) in [5.41, 5.74) is 1.44. The molecule has 0 radical (unpaired) electrons. The highest BCUT2D eigenvalue weighted by molar-refractivity contribution is 6.06. The third-order valence-corrected chi connectivity index (χ3v) is 3.66. The lowest BCUT2D eigenvalue weighted by atomic mass is 9.74. The highest BCUT2D eigenvalue weighted by atomic mass is 16.3. The van der Waals surface area contributed by atoms with E-state index in [1.54, 1.807) is 12.1 Å². The number of benzene rings is 1. The van der Waals surface area contributed by atoms with Crippen molar-refractivity contribution in [3.8, 4) is 5.75 Å². The average molecular weight is 218 g/mol. The van der Waals surface area contributed by atoms with Gasteiger partial charge in [0.2, 0.25) is 5.91 Å². The summed E-state index contributed by atoms with van der Waals surface area (Å²) in [7, 11) is 0. The zero-order valence-electron chi connectivity index (χ0n) is 8.92. The van der Waals surface area contributed by atoms with Crippen LogP contribution in [-0.2, 0) is 10.2 Å². The van der Waals surface area contributed by atoms with E-state index in [1.807, 2.05) is 6.07 Å². The van der Waals surface area contributed by atoms with E-state index in [9.17, 15) is 9.90 Å². The Kier molecular flexibility index (Phi) is 1.94. The molecular weight excluding hydrogens is 204 g/mol. The maximum absolute atomic E-state index is 12.1. The highest BCUT2D eigenvalue weighted by Gasteiger charge is 2.47. The van der Waals surface area contributed by atoms with Gasteiger partial charge in [-0.05, 0) is 37.6 Å². The van der Waals surface area contributed by atoms with Crippen LogP contribution in [0, 0.1) is 0 Å². The fraction of sp³-hybridized carbons (Fsp3) is 0.417. The number of nitrogens with one attached hydrogen (secondary N) is 2. The summed E-state index contributed by atoms with van der Waals surface area (Å²) in [5, 5.41) is 15.5. The zero-order chi connectivity index (χ0) is 11.2. The highest BCUT2D eigenvalue weighted by Crippen LogP contribution is 2.44. The molecule has 1 fully saturated rings. The van der Waals surface area contributed by atoms with Gasteiger partial charge in [0, 0.05) is 11.8 Å². The summed E-state index contributed by atoms with van der Waals surface area (Å²) < 4.78 is 0. The van der Waals surface area contributed by atoms with Crippen LogP contribution in [0.4, 0.5) is 5.69 Å². The van der Waals surface area contributed by atoms with Gasteiger partial charge in [0.1, 0.15) is 5.75 Å². The lowest BCUT2D eigenvalue weighted by molar-refractivity contribution is -0.121. The predicted molar refractivity (Wildman–Crippen MR) is 60.5 cm³/mol. The first-order chi connectivity index (χ1) is 7.72. The predicted octanol–water partition coefficient (Wildman–Crippen LogP) is 0.966. The summed E-state index contributed by atoms with van der Waals surface area (Å²) in [4.78, 5) is 12.1. The van der Waals surface area contributed by atoms with Crippen molar-refractivity contribution in [3.63, 3.8) is 0 Å². The van der Waals surface area contributed by atoms with Crippen LogP contribution in [0.3, 0.4) is 0 Å². The number of hydrogen-bond donors (Lipinski definition) is 3. The number of fused-ring (bicyclic) bond motifs is 2. The number of carbonyl (C=O) groups excluding carboxylic acids is 1. The first-order valence-electron chi connectivity index (χ1n) is 5.58. The molecule has 0 unspecified atom stereocenters. The quantitative estimate of drug-likeness (QED) is 0.608. The summed E-state index contributed by atoms with van der Waals surface area (Å²) in [6, 6.07) is 5.15. The van der Waals surface area contributed by atoms with Gasteiger partial charge in [-0.25, -0.2) is 0 Å². The monoisotopic (exact) mass is 218 g/mol. The van der Waals surface area contributed by atoms with Crippen LogP contribution in [0.5, 0.6) is 5.75 Å². The number of hydrogen-bond acceptors (Lipinski definition) is 3. The van der Waals surface area contributed by atoms with Crippen LogP contribution in [0.25, 0.3) is 0 Å². The third-order valence-electron chi connectivity index (χ3n) is 3.66. The molecule has 2 heterocycles. The molecule has 16 heavy (non-hydrogen) atoms. The van der Waals surface area contributed by atoms with Crippen molar-refractivity contribution in [2.75, 3.05) is 18.4 Å². The van der Waals surface area contributed by atoms with E-state index in [-0.39, 0.29) is 17.1 Å². The number of carbonyl (C=O) groups is 1. The second-order valence-electron chi connectivity index (χ2n) is 4.52. The second kappa shape index (κ2) is 3.22. The van der Waals surface area contributed by atoms with Crippen molar-refractivity contribution >= 4 is 11.6 Å². The van der Waals surface area contributed by atoms with Crippen LogP contribution in [0.1, 0.15) is 18.4 Å². The van der Waals surface area contributed by atoms with Gasteiger partial charge in [-0.2, -0.15) is 0 Å². The first-order valence-corrected chi connectivity index (χ1v) is 5.58. The summed E-state index contributed by atoms with van der Waals surface area (Å²) in [6.07, 6.45) is 1.66. The van der Waals surface area contributed by atoms with Crippen LogP contribution in [-0.4, -0.2) is 24.1 Å². The van der Waals surface area contributed by atoms with Gasteiger partial charge in [0.15, 0.2) is 0 Å². The molecule has 1 amide bonds. The minimum Gasteiger partial charge on any atom is -0.508 e. The smallest absolute Gasteiger partial charge is 0.235 e. The standard InChI is InChI=1S/C12H14N2O2/c15-8-1-2-9-10(7-8)14-11(16)12(9)3-5-13-6-4-12/h1-2,7,13,15H,3-6H2,(H,14,16). The summed E-state index contributed by atoms with van der Waals surface area (Å²) >= 11 is 0. The maximum atomic E-state index is 12.1. The van der Waals surface area contributed by atoms with Crippen molar-refractivity contribution in [3.05, 3.63) is 23.8 Å². The number of rotatable bonds is 0. The second-order valence-corrected chi connectivity index (χ2v) is 4.52. The van der Waals surface area contributed by atoms with Gasteiger partial charge in [0.05, 0.1) is 5.41 Å². The number of amides is 1. The van der Waals surface area contributed by atoms with E-state index in [4.69, 9.17) is 0 Å². The molecule has 0 atom stereocenters. The van der Waals surface area contributed by atoms with Gasteiger partial charge < -0.3 is 15.7 Å². The molecule has 0 aromatic heterocycles. The molecule has 3 N–H and O–H groups in total. The van der Waals surface area contributed by atoms with Crippen LogP contribution in [0.15, 0.2) is 18.2 Å². The Morgan fingerprint density at radius 1 is 1.25 bits per heavy atom. The van der Waals surface area contributed by atoms with Crippen molar-refractivity contribution in [1.82, 2.24) is 5.32 Å². The van der Waals surface area contributed by atoms with E-state index >= 15 is 0 Å². The minimum absolute atomic E-state index is 0.0783. The van der Waals surface area contributed by atoms with Crippen LogP contribution >= 0.6 is 0 Å². The molecular formula is C12H14N2O2. The Labute approximate surface area is 93.7 Å². The average Bonchev–Trinajstić information content (AvgIpc) is 2.53. The van der Waals surface area contributed by atoms with Crippen LogP contribution in [0.2, 0.25) is 0 Å². The molecule has 1 spiro atoms. The fourth-order valence-corrected chi connectivity index (χ4v) is 2.77. The molecule has 4 heteroatoms. The molecule has 2 aliphatic rings. The number of aromatic hydroxyl groups is 1. The van der Waals surface area contributed by atoms with Crippen molar-refractivity contribution in [1.29, 1.82) is 0 Å². The molecule has 84 valence electrons. The Hall–Kier alpha value is -1.55. The molecule has 2 aliphatic heterocycles. The van der Waals surface area contributed by atoms with Crippen molar-refractivity contribution in [2.24, 2.45) is 0 Å². The Morgan fingerprint density at radius 2 is 2.00 bits per heavy atom. The van der Waals surface area contributed by atoms with E-state index in [0.29, 0.717) is 0 Å². The van der Waals surface area contributed by atoms with Gasteiger partial charge >= 0.3 is 0 Å². The molecule has 0 bridgehead atoms. The van der Waals surface area contributed by atoms with E-state index in [2.05, 4.69) is 10.6 Å². The fourth-order valence-electron chi connectivity index (χ4n) is 2.77. The van der Waals surface area contributed by atoms with E-state index in [1.165, 1.54) is 0 Å². The number of phenols is 1. The molecule has 1 saturated heterocycles. The molecule has 4 nitrogen and oxygen atoms in total. The Bertz CT molecular complexity index is 450. The van der Waals surface area contributed by atoms with Crippen LogP contribution < -0.4 is 10.6 Å². The van der Waals surface area contributed by atoms with Gasteiger partial charge in [-0.15, -0.1) is 0 Å². The summed E-state index contributed by atoms with van der Waals surface area (Å²) in [5.74, 6) is 0.277. The number of phenolic OH excluding ortho intramolecular Hbond substituents is 1.